The summed E-state index contributed by atoms with van der Waals surface area (Å²) in [5, 5.41) is 0. The van der Waals surface area contributed by atoms with Gasteiger partial charge < -0.3 is 0 Å². The number of rotatable bonds is 0. The molecule has 0 spiro atoms. The van der Waals surface area contributed by atoms with E-state index in [1.165, 1.54) is 12.8 Å². The summed E-state index contributed by atoms with van der Waals surface area (Å²) in [6.07, 6.45) is 2.93. The van der Waals surface area contributed by atoms with Crippen molar-refractivity contribution in [2.24, 2.45) is 0 Å². The van der Waals surface area contributed by atoms with Gasteiger partial charge in [-0.2, -0.15) is 0 Å². The van der Waals surface area contributed by atoms with Crippen molar-refractivity contribution >= 4 is 11.3 Å². The predicted molar refractivity (Wildman–Crippen MR) is 57.7 cm³/mol. The predicted octanol–water partition coefficient (Wildman–Crippen LogP) is 4.02. The van der Waals surface area contributed by atoms with Crippen LogP contribution in [0.2, 0.25) is 0 Å². The molecular formula is C12H16S. The Kier molecular flexibility index (Phi) is 1.36. The molecule has 13 heavy (non-hydrogen) atoms. The van der Waals surface area contributed by atoms with Gasteiger partial charge in [0.1, 0.15) is 0 Å². The monoisotopic (exact) mass is 192 g/mol. The molecule has 4 rings (SSSR count). The fourth-order valence-electron chi connectivity index (χ4n) is 2.51. The maximum atomic E-state index is 2.48. The average Bonchev–Trinajstić information content (AvgIpc) is 2.35. The molecular weight excluding hydrogens is 176 g/mol. The maximum Gasteiger partial charge on any atom is 0.0115 e. The first-order chi connectivity index (χ1) is 6.05. The van der Waals surface area contributed by atoms with Crippen molar-refractivity contribution in [3.8, 4) is 0 Å². The van der Waals surface area contributed by atoms with E-state index in [1.54, 1.807) is 15.3 Å². The van der Waals surface area contributed by atoms with Crippen molar-refractivity contribution in [3.63, 3.8) is 0 Å². The first-order valence-corrected chi connectivity index (χ1v) is 6.01. The van der Waals surface area contributed by atoms with E-state index in [9.17, 15) is 0 Å². The van der Waals surface area contributed by atoms with E-state index in [0.717, 1.165) is 11.8 Å². The second-order valence-corrected chi connectivity index (χ2v) is 6.63. The molecule has 0 amide bonds. The van der Waals surface area contributed by atoms with E-state index in [0.29, 0.717) is 5.41 Å². The molecule has 3 aliphatic rings. The standard InChI is InChI=1S/C12H16S/c1-12(2,3)10-6-9-7-4-8(5-7)11(9)13-10/h6-8H,4-5H2,1-3H3. The van der Waals surface area contributed by atoms with Crippen LogP contribution in [0.3, 0.4) is 0 Å². The highest BCUT2D eigenvalue weighted by Gasteiger charge is 2.43. The van der Waals surface area contributed by atoms with Crippen molar-refractivity contribution in [2.75, 3.05) is 0 Å². The number of hydrogen-bond donors (Lipinski definition) is 0. The van der Waals surface area contributed by atoms with Gasteiger partial charge in [0, 0.05) is 9.75 Å². The van der Waals surface area contributed by atoms with E-state index in [-0.39, 0.29) is 0 Å². The van der Waals surface area contributed by atoms with Gasteiger partial charge in [0.05, 0.1) is 0 Å². The van der Waals surface area contributed by atoms with Gasteiger partial charge in [-0.05, 0) is 41.7 Å². The molecule has 0 unspecified atom stereocenters. The zero-order valence-corrected chi connectivity index (χ0v) is 9.37. The lowest BCUT2D eigenvalue weighted by Crippen LogP contribution is -2.11. The Morgan fingerprint density at radius 2 is 1.92 bits per heavy atom. The van der Waals surface area contributed by atoms with E-state index < -0.39 is 0 Å². The van der Waals surface area contributed by atoms with Gasteiger partial charge in [0.25, 0.3) is 0 Å². The Balaban J connectivity index is 2.06. The summed E-state index contributed by atoms with van der Waals surface area (Å²) in [6.45, 7) is 6.96. The first-order valence-electron chi connectivity index (χ1n) is 5.20. The molecule has 3 aliphatic carbocycles. The lowest BCUT2D eigenvalue weighted by atomic mass is 9.82. The minimum absolute atomic E-state index is 0.363. The Hall–Kier alpha value is -0.300. The second kappa shape index (κ2) is 2.20. The molecule has 1 fully saturated rings. The van der Waals surface area contributed by atoms with Crippen LogP contribution in [-0.2, 0) is 5.41 Å². The van der Waals surface area contributed by atoms with Gasteiger partial charge in [-0.15, -0.1) is 11.3 Å². The second-order valence-electron chi connectivity index (χ2n) is 5.55. The third kappa shape index (κ3) is 0.969. The largest absolute Gasteiger partial charge is 0.144 e. The zero-order valence-electron chi connectivity index (χ0n) is 8.55. The van der Waals surface area contributed by atoms with Crippen LogP contribution < -0.4 is 0 Å². The lowest BCUT2D eigenvalue weighted by Gasteiger charge is -2.24. The summed E-state index contributed by atoms with van der Waals surface area (Å²) in [7, 11) is 0. The van der Waals surface area contributed by atoms with Crippen molar-refractivity contribution < 1.29 is 0 Å². The summed E-state index contributed by atoms with van der Waals surface area (Å²) in [5.74, 6) is 1.91. The molecule has 0 saturated heterocycles. The SMILES string of the molecule is CC(C)(C)c1cc2c(s1)C1CC2C1. The Labute approximate surface area is 84.0 Å². The van der Waals surface area contributed by atoms with Gasteiger partial charge >= 0.3 is 0 Å². The number of thiophene rings is 1. The van der Waals surface area contributed by atoms with E-state index in [4.69, 9.17) is 0 Å². The lowest BCUT2D eigenvalue weighted by molar-refractivity contribution is 0.407. The van der Waals surface area contributed by atoms with Gasteiger partial charge in [-0.3, -0.25) is 0 Å². The van der Waals surface area contributed by atoms with E-state index in [2.05, 4.69) is 38.2 Å². The molecule has 0 aliphatic heterocycles. The quantitative estimate of drug-likeness (QED) is 0.582. The summed E-state index contributed by atoms with van der Waals surface area (Å²) in [5.41, 5.74) is 2.07. The third-order valence-electron chi connectivity index (χ3n) is 3.48. The van der Waals surface area contributed by atoms with E-state index >= 15 is 0 Å². The third-order valence-corrected chi connectivity index (χ3v) is 5.22. The van der Waals surface area contributed by atoms with Crippen LogP contribution in [-0.4, -0.2) is 0 Å². The Morgan fingerprint density at radius 1 is 1.23 bits per heavy atom. The molecule has 0 aromatic carbocycles. The molecule has 1 aromatic heterocycles. The highest BCUT2D eigenvalue weighted by molar-refractivity contribution is 7.12. The molecule has 1 aromatic rings. The average molecular weight is 192 g/mol. The molecule has 70 valence electrons. The Bertz CT molecular complexity index is 322. The van der Waals surface area contributed by atoms with Crippen LogP contribution in [0.5, 0.6) is 0 Å². The van der Waals surface area contributed by atoms with Gasteiger partial charge in [0.15, 0.2) is 0 Å². The summed E-state index contributed by atoms with van der Waals surface area (Å²) in [4.78, 5) is 3.32. The van der Waals surface area contributed by atoms with Crippen LogP contribution in [0.15, 0.2) is 6.07 Å². The molecule has 0 nitrogen and oxygen atoms in total. The minimum atomic E-state index is 0.363. The van der Waals surface area contributed by atoms with Crippen molar-refractivity contribution in [1.29, 1.82) is 0 Å². The maximum absolute atomic E-state index is 2.48. The molecule has 1 heteroatoms. The van der Waals surface area contributed by atoms with Crippen molar-refractivity contribution in [2.45, 2.75) is 50.9 Å². The minimum Gasteiger partial charge on any atom is -0.144 e. The van der Waals surface area contributed by atoms with Gasteiger partial charge in [-0.1, -0.05) is 20.8 Å². The molecule has 1 saturated carbocycles. The van der Waals surface area contributed by atoms with Crippen LogP contribution in [0.1, 0.15) is 60.8 Å². The molecule has 0 radical (unpaired) electrons. The summed E-state index contributed by atoms with van der Waals surface area (Å²) in [6, 6.07) is 2.48. The van der Waals surface area contributed by atoms with Crippen LogP contribution in [0.4, 0.5) is 0 Å². The van der Waals surface area contributed by atoms with Crippen LogP contribution in [0, 0.1) is 0 Å². The molecule has 0 N–H and O–H groups in total. The first kappa shape index (κ1) is 8.05. The molecule has 1 heterocycles. The normalized spacial score (nSPS) is 30.1. The van der Waals surface area contributed by atoms with Crippen LogP contribution in [0.25, 0.3) is 0 Å². The Morgan fingerprint density at radius 3 is 2.46 bits per heavy atom. The van der Waals surface area contributed by atoms with Crippen molar-refractivity contribution in [1.82, 2.24) is 0 Å². The van der Waals surface area contributed by atoms with Gasteiger partial charge in [0.2, 0.25) is 0 Å². The number of hydrogen-bond acceptors (Lipinski definition) is 1. The van der Waals surface area contributed by atoms with E-state index in [1.807, 2.05) is 0 Å². The molecule has 2 bridgehead atoms. The van der Waals surface area contributed by atoms with Crippen LogP contribution >= 0.6 is 11.3 Å². The highest BCUT2D eigenvalue weighted by atomic mass is 32.1. The highest BCUT2D eigenvalue weighted by Crippen LogP contribution is 2.60. The van der Waals surface area contributed by atoms with Gasteiger partial charge in [-0.25, -0.2) is 0 Å². The summed E-state index contributed by atoms with van der Waals surface area (Å²) < 4.78 is 0. The van der Waals surface area contributed by atoms with Crippen molar-refractivity contribution in [3.05, 3.63) is 21.4 Å². The molecule has 0 atom stereocenters. The topological polar surface area (TPSA) is 0 Å². The smallest absolute Gasteiger partial charge is 0.0115 e. The summed E-state index contributed by atoms with van der Waals surface area (Å²) >= 11 is 2.08. The zero-order chi connectivity index (χ0) is 9.22. The fourth-order valence-corrected chi connectivity index (χ4v) is 3.94. The fraction of sp³-hybridized carbons (Fsp3) is 0.667.